The van der Waals surface area contributed by atoms with Crippen LogP contribution in [0.15, 0.2) is 24.3 Å². The average molecular weight is 296 g/mol. The number of rotatable bonds is 3. The van der Waals surface area contributed by atoms with Gasteiger partial charge in [0.2, 0.25) is 5.91 Å². The van der Waals surface area contributed by atoms with Crippen molar-refractivity contribution in [2.45, 2.75) is 38.9 Å². The van der Waals surface area contributed by atoms with Gasteiger partial charge in [-0.1, -0.05) is 18.2 Å². The molecule has 0 spiro atoms. The summed E-state index contributed by atoms with van der Waals surface area (Å²) in [7, 11) is -0.508. The van der Waals surface area contributed by atoms with Crippen LogP contribution in [0.5, 0.6) is 0 Å². The molecule has 0 aromatic heterocycles. The average Bonchev–Trinajstić information content (AvgIpc) is 2.59. The second-order valence-electron chi connectivity index (χ2n) is 5.86. The molecule has 1 amide bonds. The third-order valence-electron chi connectivity index (χ3n) is 3.86. The van der Waals surface area contributed by atoms with Gasteiger partial charge in [-0.05, 0) is 33.8 Å². The minimum atomic E-state index is -0.508. The zero-order chi connectivity index (χ0) is 15.0. The molecule has 2 rings (SSSR count). The maximum atomic E-state index is 11.5. The van der Waals surface area contributed by atoms with Crippen LogP contribution in [0, 0.1) is 0 Å². The first-order valence-corrected chi connectivity index (χ1v) is 7.11. The van der Waals surface area contributed by atoms with Gasteiger partial charge in [-0.2, -0.15) is 0 Å². The first-order valence-electron chi connectivity index (χ1n) is 6.57. The number of anilines is 1. The molecule has 1 aliphatic rings. The SMILES string of the molecule is CC1(C)OB(c2ccccc2NC(=O)CCl)OC1(C)C. The Morgan fingerprint density at radius 2 is 1.75 bits per heavy atom. The monoisotopic (exact) mass is 295 g/mol. The minimum Gasteiger partial charge on any atom is -0.399 e. The van der Waals surface area contributed by atoms with Crippen molar-refractivity contribution in [3.8, 4) is 0 Å². The van der Waals surface area contributed by atoms with Gasteiger partial charge in [-0.3, -0.25) is 4.79 Å². The van der Waals surface area contributed by atoms with Crippen molar-refractivity contribution >= 4 is 35.8 Å². The lowest BCUT2D eigenvalue weighted by molar-refractivity contribution is -0.113. The zero-order valence-corrected chi connectivity index (χ0v) is 13.0. The Morgan fingerprint density at radius 3 is 2.30 bits per heavy atom. The Hall–Kier alpha value is -1.04. The summed E-state index contributed by atoms with van der Waals surface area (Å²) in [4.78, 5) is 11.5. The fourth-order valence-electron chi connectivity index (χ4n) is 1.97. The van der Waals surface area contributed by atoms with Crippen LogP contribution in [-0.4, -0.2) is 30.1 Å². The van der Waals surface area contributed by atoms with Crippen molar-refractivity contribution in [1.82, 2.24) is 0 Å². The van der Waals surface area contributed by atoms with E-state index in [4.69, 9.17) is 20.9 Å². The molecule has 108 valence electrons. The van der Waals surface area contributed by atoms with E-state index in [0.29, 0.717) is 5.69 Å². The predicted octanol–water partition coefficient (Wildman–Crippen LogP) is 2.16. The molecule has 0 bridgehead atoms. The van der Waals surface area contributed by atoms with Crippen LogP contribution in [-0.2, 0) is 14.1 Å². The molecule has 1 heterocycles. The summed E-state index contributed by atoms with van der Waals surface area (Å²) in [5.41, 5.74) is 0.629. The van der Waals surface area contributed by atoms with E-state index >= 15 is 0 Å². The Bertz CT molecular complexity index is 503. The molecular weight excluding hydrogens is 276 g/mol. The van der Waals surface area contributed by atoms with E-state index < -0.39 is 18.3 Å². The van der Waals surface area contributed by atoms with E-state index in [1.54, 1.807) is 0 Å². The van der Waals surface area contributed by atoms with Crippen LogP contribution in [0.2, 0.25) is 0 Å². The van der Waals surface area contributed by atoms with Crippen LogP contribution >= 0.6 is 11.6 Å². The van der Waals surface area contributed by atoms with E-state index in [1.165, 1.54) is 0 Å². The van der Waals surface area contributed by atoms with Crippen molar-refractivity contribution in [3.63, 3.8) is 0 Å². The van der Waals surface area contributed by atoms with E-state index in [0.717, 1.165) is 5.46 Å². The summed E-state index contributed by atoms with van der Waals surface area (Å²) < 4.78 is 12.0. The number of halogens is 1. The van der Waals surface area contributed by atoms with Gasteiger partial charge in [0.05, 0.1) is 11.2 Å². The second kappa shape index (κ2) is 5.39. The quantitative estimate of drug-likeness (QED) is 0.687. The van der Waals surface area contributed by atoms with Crippen LogP contribution in [0.25, 0.3) is 0 Å². The lowest BCUT2D eigenvalue weighted by Crippen LogP contribution is -2.41. The van der Waals surface area contributed by atoms with Gasteiger partial charge in [0.1, 0.15) is 5.88 Å². The van der Waals surface area contributed by atoms with Crippen LogP contribution < -0.4 is 10.8 Å². The molecule has 1 aromatic rings. The molecule has 4 nitrogen and oxygen atoms in total. The fourth-order valence-corrected chi connectivity index (χ4v) is 2.04. The lowest BCUT2D eigenvalue weighted by Gasteiger charge is -2.32. The van der Waals surface area contributed by atoms with Crippen LogP contribution in [0.3, 0.4) is 0 Å². The smallest absolute Gasteiger partial charge is 0.399 e. The van der Waals surface area contributed by atoms with Gasteiger partial charge in [-0.15, -0.1) is 11.6 Å². The molecule has 1 N–H and O–H groups in total. The number of alkyl halides is 1. The summed E-state index contributed by atoms with van der Waals surface area (Å²) in [5, 5.41) is 2.76. The number of carbonyl (C=O) groups excluding carboxylic acids is 1. The molecule has 6 heteroatoms. The largest absolute Gasteiger partial charge is 0.496 e. The van der Waals surface area contributed by atoms with Crippen molar-refractivity contribution in [2.75, 3.05) is 11.2 Å². The minimum absolute atomic E-state index is 0.0856. The van der Waals surface area contributed by atoms with E-state index in [-0.39, 0.29) is 11.8 Å². The summed E-state index contributed by atoms with van der Waals surface area (Å²) in [5.74, 6) is -0.340. The van der Waals surface area contributed by atoms with Gasteiger partial charge in [0.15, 0.2) is 0 Å². The topological polar surface area (TPSA) is 47.6 Å². The number of para-hydroxylation sites is 1. The molecule has 20 heavy (non-hydrogen) atoms. The van der Waals surface area contributed by atoms with Crippen molar-refractivity contribution in [2.24, 2.45) is 0 Å². The molecule has 0 unspecified atom stereocenters. The van der Waals surface area contributed by atoms with E-state index in [1.807, 2.05) is 52.0 Å². The Labute approximate surface area is 124 Å². The van der Waals surface area contributed by atoms with Crippen molar-refractivity contribution in [3.05, 3.63) is 24.3 Å². The highest BCUT2D eigenvalue weighted by atomic mass is 35.5. The highest BCUT2D eigenvalue weighted by Gasteiger charge is 2.52. The molecule has 0 atom stereocenters. The van der Waals surface area contributed by atoms with E-state index in [9.17, 15) is 4.79 Å². The van der Waals surface area contributed by atoms with Gasteiger partial charge in [0, 0.05) is 11.2 Å². The van der Waals surface area contributed by atoms with Crippen LogP contribution in [0.1, 0.15) is 27.7 Å². The van der Waals surface area contributed by atoms with Gasteiger partial charge < -0.3 is 14.6 Å². The third kappa shape index (κ3) is 2.85. The summed E-state index contributed by atoms with van der Waals surface area (Å²) in [6, 6.07) is 7.42. The first kappa shape index (κ1) is 15.4. The maximum Gasteiger partial charge on any atom is 0.496 e. The Morgan fingerprint density at radius 1 is 1.20 bits per heavy atom. The van der Waals surface area contributed by atoms with Gasteiger partial charge in [0.25, 0.3) is 0 Å². The molecule has 1 fully saturated rings. The highest BCUT2D eigenvalue weighted by molar-refractivity contribution is 6.64. The Balaban J connectivity index is 2.28. The van der Waals surface area contributed by atoms with Crippen molar-refractivity contribution in [1.29, 1.82) is 0 Å². The number of nitrogens with one attached hydrogen (secondary N) is 1. The Kier molecular flexibility index (Phi) is 4.14. The van der Waals surface area contributed by atoms with Gasteiger partial charge in [-0.25, -0.2) is 0 Å². The molecule has 1 saturated heterocycles. The third-order valence-corrected chi connectivity index (χ3v) is 4.11. The zero-order valence-electron chi connectivity index (χ0n) is 12.2. The summed E-state index contributed by atoms with van der Waals surface area (Å²) >= 11 is 5.53. The summed E-state index contributed by atoms with van der Waals surface area (Å²) in [6.07, 6.45) is 0. The number of carbonyl (C=O) groups is 1. The molecule has 1 aromatic carbocycles. The summed E-state index contributed by atoms with van der Waals surface area (Å²) in [6.45, 7) is 7.97. The van der Waals surface area contributed by atoms with Crippen LogP contribution in [0.4, 0.5) is 5.69 Å². The lowest BCUT2D eigenvalue weighted by atomic mass is 9.78. The molecular formula is C14H19BClNO3. The first-order chi connectivity index (χ1) is 9.27. The maximum absolute atomic E-state index is 11.5. The normalized spacial score (nSPS) is 19.9. The molecule has 0 aliphatic carbocycles. The van der Waals surface area contributed by atoms with Gasteiger partial charge >= 0.3 is 7.12 Å². The van der Waals surface area contributed by atoms with E-state index in [2.05, 4.69) is 5.32 Å². The predicted molar refractivity (Wildman–Crippen MR) is 81.5 cm³/mol. The molecule has 0 radical (unpaired) electrons. The number of hydrogen-bond acceptors (Lipinski definition) is 3. The molecule has 0 saturated carbocycles. The second-order valence-corrected chi connectivity index (χ2v) is 6.12. The van der Waals surface area contributed by atoms with Crippen molar-refractivity contribution < 1.29 is 14.1 Å². The fraction of sp³-hybridized carbons (Fsp3) is 0.500. The number of benzene rings is 1. The number of amides is 1. The molecule has 1 aliphatic heterocycles. The number of hydrogen-bond donors (Lipinski definition) is 1. The standard InChI is InChI=1S/C14H19BClNO3/c1-13(2)14(3,4)20-15(19-13)10-7-5-6-8-11(10)17-12(18)9-16/h5-8H,9H2,1-4H3,(H,17,18). The highest BCUT2D eigenvalue weighted by Crippen LogP contribution is 2.36.